The van der Waals surface area contributed by atoms with Crippen molar-refractivity contribution in [3.05, 3.63) is 64.9 Å². The summed E-state index contributed by atoms with van der Waals surface area (Å²) in [5.41, 5.74) is 0.917. The van der Waals surface area contributed by atoms with Gasteiger partial charge in [0.2, 0.25) is 0 Å². The van der Waals surface area contributed by atoms with Gasteiger partial charge in [-0.25, -0.2) is 4.98 Å². The van der Waals surface area contributed by atoms with E-state index in [0.29, 0.717) is 36.8 Å². The predicted octanol–water partition coefficient (Wildman–Crippen LogP) is 2.86. The molecule has 0 bridgehead atoms. The minimum absolute atomic E-state index is 0.0678. The molecule has 0 aliphatic rings. The molecule has 0 radical (unpaired) electrons. The fourth-order valence-corrected chi connectivity index (χ4v) is 3.11. The second-order valence-electron chi connectivity index (χ2n) is 5.75. The van der Waals surface area contributed by atoms with Crippen LogP contribution in [0.4, 0.5) is 0 Å². The molecule has 0 unspecified atom stereocenters. The Morgan fingerprint density at radius 1 is 1.14 bits per heavy atom. The molecule has 3 aromatic rings. The molecule has 0 saturated heterocycles. The largest absolute Gasteiger partial charge is 0.493 e. The number of amides is 1. The predicted molar refractivity (Wildman–Crippen MR) is 106 cm³/mol. The van der Waals surface area contributed by atoms with Crippen LogP contribution in [0.15, 0.2) is 54.2 Å². The Morgan fingerprint density at radius 2 is 2.00 bits per heavy atom. The molecule has 0 aliphatic heterocycles. The van der Waals surface area contributed by atoms with E-state index in [1.165, 1.54) is 11.3 Å². The molecule has 2 aromatic heterocycles. The van der Waals surface area contributed by atoms with Crippen LogP contribution in [-0.4, -0.2) is 36.1 Å². The highest BCUT2D eigenvalue weighted by molar-refractivity contribution is 7.09. The van der Waals surface area contributed by atoms with E-state index in [1.54, 1.807) is 31.6 Å². The van der Waals surface area contributed by atoms with E-state index < -0.39 is 0 Å². The molecular formula is C20H21N3O4S. The smallest absolute Gasteiger partial charge is 0.257 e. The second-order valence-corrected chi connectivity index (χ2v) is 6.69. The Bertz CT molecular complexity index is 886. The molecule has 7 nitrogen and oxygen atoms in total. The maximum atomic E-state index is 12.0. The van der Waals surface area contributed by atoms with Crippen molar-refractivity contribution in [2.45, 2.75) is 13.0 Å². The summed E-state index contributed by atoms with van der Waals surface area (Å²) in [6.45, 7) is 0.817. The molecule has 0 atom stereocenters. The number of thiazole rings is 1. The van der Waals surface area contributed by atoms with Crippen LogP contribution in [0.3, 0.4) is 0 Å². The molecule has 0 saturated carbocycles. The summed E-state index contributed by atoms with van der Waals surface area (Å²) in [7, 11) is 1.56. The number of hydrogen-bond acceptors (Lipinski definition) is 7. The van der Waals surface area contributed by atoms with Crippen molar-refractivity contribution < 1.29 is 19.0 Å². The van der Waals surface area contributed by atoms with Gasteiger partial charge in [-0.15, -0.1) is 11.3 Å². The van der Waals surface area contributed by atoms with Crippen molar-refractivity contribution in [2.75, 3.05) is 20.3 Å². The van der Waals surface area contributed by atoms with Crippen molar-refractivity contribution in [3.63, 3.8) is 0 Å². The summed E-state index contributed by atoms with van der Waals surface area (Å²) in [4.78, 5) is 20.5. The first-order chi connectivity index (χ1) is 13.7. The van der Waals surface area contributed by atoms with Crippen LogP contribution in [0, 0.1) is 0 Å². The number of nitrogens with zero attached hydrogens (tertiary/aromatic N) is 2. The van der Waals surface area contributed by atoms with E-state index in [4.69, 9.17) is 14.2 Å². The third-order valence-electron chi connectivity index (χ3n) is 3.73. The molecule has 28 heavy (non-hydrogen) atoms. The first-order valence-corrected chi connectivity index (χ1v) is 9.61. The van der Waals surface area contributed by atoms with Crippen molar-refractivity contribution >= 4 is 17.2 Å². The van der Waals surface area contributed by atoms with Gasteiger partial charge in [-0.05, 0) is 24.3 Å². The van der Waals surface area contributed by atoms with Gasteiger partial charge in [0.05, 0.1) is 19.0 Å². The Morgan fingerprint density at radius 3 is 2.79 bits per heavy atom. The molecule has 2 heterocycles. The van der Waals surface area contributed by atoms with Crippen LogP contribution < -0.4 is 19.5 Å². The van der Waals surface area contributed by atoms with Gasteiger partial charge in [0, 0.05) is 24.5 Å². The molecule has 1 aromatic carbocycles. The van der Waals surface area contributed by atoms with Crippen LogP contribution in [0.2, 0.25) is 0 Å². The third kappa shape index (κ3) is 5.95. The van der Waals surface area contributed by atoms with Crippen molar-refractivity contribution in [1.82, 2.24) is 15.3 Å². The van der Waals surface area contributed by atoms with E-state index in [9.17, 15) is 4.79 Å². The van der Waals surface area contributed by atoms with E-state index in [0.717, 1.165) is 10.7 Å². The molecule has 1 amide bonds. The zero-order chi connectivity index (χ0) is 19.6. The summed E-state index contributed by atoms with van der Waals surface area (Å²) >= 11 is 1.53. The lowest BCUT2D eigenvalue weighted by molar-refractivity contribution is -0.123. The normalized spacial score (nSPS) is 10.3. The highest BCUT2D eigenvalue weighted by Crippen LogP contribution is 2.25. The molecule has 8 heteroatoms. The summed E-state index contributed by atoms with van der Waals surface area (Å²) in [5, 5.41) is 5.68. The van der Waals surface area contributed by atoms with Gasteiger partial charge >= 0.3 is 0 Å². The van der Waals surface area contributed by atoms with Crippen LogP contribution in [0.5, 0.6) is 17.2 Å². The van der Waals surface area contributed by atoms with E-state index in [-0.39, 0.29) is 12.5 Å². The Hall–Kier alpha value is -3.13. The van der Waals surface area contributed by atoms with Crippen LogP contribution >= 0.6 is 11.3 Å². The van der Waals surface area contributed by atoms with Gasteiger partial charge in [-0.2, -0.15) is 0 Å². The van der Waals surface area contributed by atoms with Crippen LogP contribution in [0.25, 0.3) is 0 Å². The molecule has 3 rings (SSSR count). The maximum Gasteiger partial charge on any atom is 0.257 e. The first kappa shape index (κ1) is 19.6. The van der Waals surface area contributed by atoms with Gasteiger partial charge in [-0.1, -0.05) is 12.1 Å². The number of carbonyl (C=O) groups is 1. The lowest BCUT2D eigenvalue weighted by Crippen LogP contribution is -2.30. The summed E-state index contributed by atoms with van der Waals surface area (Å²) < 4.78 is 16.3. The maximum absolute atomic E-state index is 12.0. The SMILES string of the molecule is COc1ccccc1OCC(=O)NCCc1csc(COc2cccnc2)n1. The highest BCUT2D eigenvalue weighted by atomic mass is 32.1. The van der Waals surface area contributed by atoms with Gasteiger partial charge in [-0.3, -0.25) is 9.78 Å². The number of pyridine rings is 1. The average molecular weight is 399 g/mol. The van der Waals surface area contributed by atoms with Crippen molar-refractivity contribution in [1.29, 1.82) is 0 Å². The van der Waals surface area contributed by atoms with Crippen LogP contribution in [0.1, 0.15) is 10.7 Å². The third-order valence-corrected chi connectivity index (χ3v) is 4.60. The van der Waals surface area contributed by atoms with Gasteiger partial charge in [0.25, 0.3) is 5.91 Å². The average Bonchev–Trinajstić information content (AvgIpc) is 3.19. The number of hydrogen-bond donors (Lipinski definition) is 1. The number of aromatic nitrogens is 2. The molecule has 0 aliphatic carbocycles. The molecule has 0 fully saturated rings. The van der Waals surface area contributed by atoms with E-state index in [2.05, 4.69) is 15.3 Å². The summed E-state index contributed by atoms with van der Waals surface area (Å²) in [6.07, 6.45) is 4.00. The van der Waals surface area contributed by atoms with E-state index >= 15 is 0 Å². The Labute approximate surface area is 167 Å². The lowest BCUT2D eigenvalue weighted by Gasteiger charge is -2.10. The number of ether oxygens (including phenoxy) is 3. The zero-order valence-corrected chi connectivity index (χ0v) is 16.3. The number of carbonyl (C=O) groups excluding carboxylic acids is 1. The molecule has 1 N–H and O–H groups in total. The molecular weight excluding hydrogens is 378 g/mol. The number of para-hydroxylation sites is 2. The minimum atomic E-state index is -0.193. The summed E-state index contributed by atoms with van der Waals surface area (Å²) in [5.74, 6) is 1.65. The fraction of sp³-hybridized carbons (Fsp3) is 0.250. The van der Waals surface area contributed by atoms with Gasteiger partial charge in [0.1, 0.15) is 17.4 Å². The van der Waals surface area contributed by atoms with Crippen molar-refractivity contribution in [2.24, 2.45) is 0 Å². The van der Waals surface area contributed by atoms with E-state index in [1.807, 2.05) is 29.6 Å². The Kier molecular flexibility index (Phi) is 7.20. The number of rotatable bonds is 10. The van der Waals surface area contributed by atoms with Crippen molar-refractivity contribution in [3.8, 4) is 17.2 Å². The minimum Gasteiger partial charge on any atom is -0.493 e. The zero-order valence-electron chi connectivity index (χ0n) is 15.5. The Balaban J connectivity index is 1.36. The summed E-state index contributed by atoms with van der Waals surface area (Å²) in [6, 6.07) is 10.9. The van der Waals surface area contributed by atoms with Gasteiger partial charge in [0.15, 0.2) is 18.1 Å². The van der Waals surface area contributed by atoms with Gasteiger partial charge < -0.3 is 19.5 Å². The quantitative estimate of drug-likeness (QED) is 0.565. The topological polar surface area (TPSA) is 82.6 Å². The second kappa shape index (κ2) is 10.3. The number of methoxy groups -OCH3 is 1. The monoisotopic (exact) mass is 399 g/mol. The standard InChI is InChI=1S/C20H21N3O4S/c1-25-17-6-2-3-7-18(17)27-12-19(24)22-10-8-15-14-28-20(23-15)13-26-16-5-4-9-21-11-16/h2-7,9,11,14H,8,10,12-13H2,1H3,(H,22,24). The number of benzene rings is 1. The highest BCUT2D eigenvalue weighted by Gasteiger charge is 2.08. The number of nitrogens with one attached hydrogen (secondary N) is 1. The van der Waals surface area contributed by atoms with Crippen LogP contribution in [-0.2, 0) is 17.8 Å². The molecule has 0 spiro atoms. The lowest BCUT2D eigenvalue weighted by atomic mass is 10.3. The fourth-order valence-electron chi connectivity index (χ4n) is 2.37. The first-order valence-electron chi connectivity index (χ1n) is 8.73. The molecule has 146 valence electrons.